The normalized spacial score (nSPS) is 12.6. The fourth-order valence-electron chi connectivity index (χ4n) is 6.91. The summed E-state index contributed by atoms with van der Waals surface area (Å²) in [6.07, 6.45) is 0. The highest BCUT2D eigenvalue weighted by Crippen LogP contribution is 2.39. The Balaban J connectivity index is 1.59. The first-order valence-corrected chi connectivity index (χ1v) is 16.6. The second kappa shape index (κ2) is 10.7. The topological polar surface area (TPSA) is 9.86 Å². The van der Waals surface area contributed by atoms with Crippen molar-refractivity contribution in [1.82, 2.24) is 8.96 Å². The second-order valence-corrected chi connectivity index (χ2v) is 15.4. The van der Waals surface area contributed by atoms with Gasteiger partial charge in [-0.15, -0.1) is 0 Å². The van der Waals surface area contributed by atoms with E-state index in [4.69, 9.17) is 0 Å². The zero-order chi connectivity index (χ0) is 32.7. The van der Waals surface area contributed by atoms with Crippen LogP contribution in [0.2, 0.25) is 0 Å². The summed E-state index contributed by atoms with van der Waals surface area (Å²) in [5.41, 5.74) is 15.5. The van der Waals surface area contributed by atoms with Crippen molar-refractivity contribution >= 4 is 69.4 Å². The van der Waals surface area contributed by atoms with Gasteiger partial charge in [0.2, 0.25) is 0 Å². The third kappa shape index (κ3) is 4.98. The van der Waals surface area contributed by atoms with Crippen molar-refractivity contribution in [3.8, 4) is 0 Å². The summed E-state index contributed by atoms with van der Waals surface area (Å²) in [5.74, 6) is 0. The predicted octanol–water partition coefficient (Wildman–Crippen LogP) is 9.32. The molecule has 0 N–H and O–H groups in total. The van der Waals surface area contributed by atoms with Gasteiger partial charge < -0.3 is 8.96 Å². The molecule has 0 unspecified atom stereocenters. The third-order valence-corrected chi connectivity index (χ3v) is 10.3. The van der Waals surface area contributed by atoms with E-state index in [-0.39, 0.29) is 10.8 Å². The molecule has 0 bridgehead atoms. The molecule has 2 aromatic heterocycles. The SMILES string of the molecule is Cc1cccc([B]n2c3ccc(C(C)(C)C)cc3c3cc4c(cc32)c2cc(C(C)(C)C)ccc2n4[B]c2cccc(C)c2C)c1C. The standard InChI is InChI=1S/C42H44B2N2/c1-25-13-11-15-35(27(25)3)43-45-37-19-17-29(41(5,6)7)21-31(37)33-24-40-34(23-39(33)45)32-22-30(42(8,9)10)18-20-38(32)46(40)44-36-16-12-14-26(2)28(36)4/h11-24H,1-10H3. The van der Waals surface area contributed by atoms with Crippen LogP contribution >= 0.6 is 0 Å². The number of nitrogens with zero attached hydrogens (tertiary/aromatic N) is 2. The van der Waals surface area contributed by atoms with Crippen molar-refractivity contribution in [3.05, 3.63) is 118 Å². The van der Waals surface area contributed by atoms with Crippen molar-refractivity contribution in [3.63, 3.8) is 0 Å². The van der Waals surface area contributed by atoms with E-state index in [1.54, 1.807) is 0 Å². The number of rotatable bonds is 4. The van der Waals surface area contributed by atoms with E-state index < -0.39 is 0 Å². The zero-order valence-corrected chi connectivity index (χ0v) is 29.1. The molecule has 0 aliphatic heterocycles. The first kappa shape index (κ1) is 30.5. The molecule has 0 aliphatic carbocycles. The minimum Gasteiger partial charge on any atom is -0.385 e. The second-order valence-electron chi connectivity index (χ2n) is 15.4. The first-order valence-electron chi connectivity index (χ1n) is 16.6. The molecule has 0 atom stereocenters. The molecule has 0 saturated carbocycles. The first-order chi connectivity index (χ1) is 21.7. The lowest BCUT2D eigenvalue weighted by molar-refractivity contribution is 0.591. The molecular weight excluding hydrogens is 554 g/mol. The molecule has 0 aliphatic rings. The van der Waals surface area contributed by atoms with Gasteiger partial charge in [-0.05, 0) is 97.2 Å². The smallest absolute Gasteiger partial charge is 0.291 e. The van der Waals surface area contributed by atoms with Crippen LogP contribution in [0, 0.1) is 27.7 Å². The van der Waals surface area contributed by atoms with Crippen molar-refractivity contribution in [1.29, 1.82) is 0 Å². The average Bonchev–Trinajstić information content (AvgIpc) is 3.46. The van der Waals surface area contributed by atoms with Crippen LogP contribution in [-0.2, 0) is 10.8 Å². The Bertz CT molecular complexity index is 2150. The molecule has 0 fully saturated rings. The summed E-state index contributed by atoms with van der Waals surface area (Å²) in [5, 5.41) is 5.16. The molecule has 2 nitrogen and oxygen atoms in total. The van der Waals surface area contributed by atoms with Gasteiger partial charge in [-0.3, -0.25) is 0 Å². The molecule has 0 saturated heterocycles. The fraction of sp³-hybridized carbons (Fsp3) is 0.286. The molecule has 0 spiro atoms. The molecule has 2 radical (unpaired) electrons. The maximum atomic E-state index is 2.45. The van der Waals surface area contributed by atoms with Crippen LogP contribution in [0.25, 0.3) is 43.6 Å². The van der Waals surface area contributed by atoms with Gasteiger partial charge in [-0.1, -0.05) is 112 Å². The average molecular weight is 598 g/mol. The molecule has 5 aromatic carbocycles. The molecule has 7 rings (SSSR count). The minimum absolute atomic E-state index is 0.0539. The highest BCUT2D eigenvalue weighted by molar-refractivity contribution is 6.56. The van der Waals surface area contributed by atoms with E-state index >= 15 is 0 Å². The Morgan fingerprint density at radius 1 is 0.435 bits per heavy atom. The fourth-order valence-corrected chi connectivity index (χ4v) is 6.91. The van der Waals surface area contributed by atoms with E-state index in [1.165, 1.54) is 87.9 Å². The Hall–Kier alpha value is -4.17. The Morgan fingerprint density at radius 2 is 0.804 bits per heavy atom. The Labute approximate surface area is 276 Å². The van der Waals surface area contributed by atoms with E-state index in [1.807, 2.05) is 0 Å². The molecule has 7 aromatic rings. The number of benzene rings is 5. The van der Waals surface area contributed by atoms with Crippen molar-refractivity contribution in [2.75, 3.05) is 0 Å². The number of aryl methyl sites for hydroxylation is 2. The molecule has 46 heavy (non-hydrogen) atoms. The number of hydrogen-bond acceptors (Lipinski definition) is 0. The maximum Gasteiger partial charge on any atom is 0.291 e. The van der Waals surface area contributed by atoms with Crippen molar-refractivity contribution < 1.29 is 0 Å². The molecule has 4 heteroatoms. The van der Waals surface area contributed by atoms with Crippen molar-refractivity contribution in [2.24, 2.45) is 0 Å². The summed E-state index contributed by atoms with van der Waals surface area (Å²) in [6, 6.07) is 32.3. The van der Waals surface area contributed by atoms with Crippen LogP contribution in [0.5, 0.6) is 0 Å². The van der Waals surface area contributed by atoms with Crippen LogP contribution in [-0.4, -0.2) is 23.8 Å². The summed E-state index contributed by atoms with van der Waals surface area (Å²) in [4.78, 5) is 0. The van der Waals surface area contributed by atoms with Crippen LogP contribution in [0.1, 0.15) is 74.9 Å². The molecular formula is C42H44B2N2. The van der Waals surface area contributed by atoms with Gasteiger partial charge in [-0.2, -0.15) is 0 Å². The monoisotopic (exact) mass is 598 g/mol. The van der Waals surface area contributed by atoms with E-state index in [0.29, 0.717) is 0 Å². The minimum atomic E-state index is 0.0539. The third-order valence-electron chi connectivity index (χ3n) is 10.3. The highest BCUT2D eigenvalue weighted by Gasteiger charge is 2.23. The van der Waals surface area contributed by atoms with Gasteiger partial charge in [-0.25, -0.2) is 0 Å². The van der Waals surface area contributed by atoms with Gasteiger partial charge in [0, 0.05) is 43.6 Å². The van der Waals surface area contributed by atoms with Crippen LogP contribution in [0.3, 0.4) is 0 Å². The van der Waals surface area contributed by atoms with Gasteiger partial charge in [0.1, 0.15) is 0 Å². The van der Waals surface area contributed by atoms with E-state index in [2.05, 4.69) is 178 Å². The van der Waals surface area contributed by atoms with Gasteiger partial charge in [0.15, 0.2) is 0 Å². The zero-order valence-electron chi connectivity index (χ0n) is 29.1. The number of fused-ring (bicyclic) bond motifs is 6. The quantitative estimate of drug-likeness (QED) is 0.179. The van der Waals surface area contributed by atoms with Crippen molar-refractivity contribution in [2.45, 2.75) is 80.1 Å². The van der Waals surface area contributed by atoms with Gasteiger partial charge in [0.05, 0.1) is 0 Å². The molecule has 0 amide bonds. The van der Waals surface area contributed by atoms with Gasteiger partial charge in [0.25, 0.3) is 14.8 Å². The van der Waals surface area contributed by atoms with Crippen LogP contribution in [0.15, 0.2) is 84.9 Å². The molecule has 228 valence electrons. The van der Waals surface area contributed by atoms with E-state index in [0.717, 1.165) is 0 Å². The number of hydrogen-bond donors (Lipinski definition) is 0. The van der Waals surface area contributed by atoms with Crippen LogP contribution < -0.4 is 10.9 Å². The lowest BCUT2D eigenvalue weighted by atomic mass is 9.77. The Morgan fingerprint density at radius 3 is 1.17 bits per heavy atom. The lowest BCUT2D eigenvalue weighted by Gasteiger charge is -2.19. The predicted molar refractivity (Wildman–Crippen MR) is 203 cm³/mol. The molecule has 2 heterocycles. The number of aromatic nitrogens is 2. The summed E-state index contributed by atoms with van der Waals surface area (Å²) >= 11 is 0. The van der Waals surface area contributed by atoms with Crippen LogP contribution in [0.4, 0.5) is 0 Å². The summed E-state index contributed by atoms with van der Waals surface area (Å²) in [7, 11) is 4.69. The lowest BCUT2D eigenvalue weighted by Crippen LogP contribution is -2.25. The highest BCUT2D eigenvalue weighted by atomic mass is 14.9. The summed E-state index contributed by atoms with van der Waals surface area (Å²) < 4.78 is 4.87. The largest absolute Gasteiger partial charge is 0.385 e. The van der Waals surface area contributed by atoms with E-state index in [9.17, 15) is 0 Å². The Kier molecular flexibility index (Phi) is 7.09. The van der Waals surface area contributed by atoms with Gasteiger partial charge >= 0.3 is 0 Å². The maximum absolute atomic E-state index is 2.45. The summed E-state index contributed by atoms with van der Waals surface area (Å²) in [6.45, 7) is 22.7.